The van der Waals surface area contributed by atoms with Crippen LogP contribution in [0.25, 0.3) is 6.08 Å². The lowest BCUT2D eigenvalue weighted by molar-refractivity contribution is 0.0701. The number of nitrogens with zero attached hydrogens (tertiary/aromatic N) is 3. The number of aromatic carboxylic acids is 1. The number of rotatable bonds is 4. The molecule has 1 fully saturated rings. The van der Waals surface area contributed by atoms with Crippen molar-refractivity contribution >= 4 is 34.2 Å². The normalized spacial score (nSPS) is 21.8. The van der Waals surface area contributed by atoms with Gasteiger partial charge in [-0.3, -0.25) is 0 Å². The Morgan fingerprint density at radius 3 is 2.52 bits per heavy atom. The average molecular weight is 430 g/mol. The highest BCUT2D eigenvalue weighted by Crippen LogP contribution is 2.47. The lowest BCUT2D eigenvalue weighted by atomic mass is 9.77. The van der Waals surface area contributed by atoms with Crippen LogP contribution in [0.15, 0.2) is 71.3 Å². The molecule has 1 aliphatic carbocycles. The quantitative estimate of drug-likeness (QED) is 0.556. The molecule has 1 aliphatic heterocycles. The average Bonchev–Trinajstić information content (AvgIpc) is 3.36. The first-order valence-corrected chi connectivity index (χ1v) is 11.3. The lowest BCUT2D eigenvalue weighted by Crippen LogP contribution is -2.28. The molecule has 0 bridgehead atoms. The number of thiazole rings is 1. The Morgan fingerprint density at radius 2 is 1.84 bits per heavy atom. The van der Waals surface area contributed by atoms with Crippen molar-refractivity contribution in [1.82, 2.24) is 4.98 Å². The van der Waals surface area contributed by atoms with E-state index in [1.807, 2.05) is 41.4 Å². The second-order valence-corrected chi connectivity index (χ2v) is 8.96. The molecule has 5 rings (SSSR count). The summed E-state index contributed by atoms with van der Waals surface area (Å²) in [7, 11) is 0. The Balaban J connectivity index is 1.61. The summed E-state index contributed by atoms with van der Waals surface area (Å²) in [5, 5.41) is 17.2. The van der Waals surface area contributed by atoms with E-state index in [1.54, 1.807) is 6.92 Å². The highest BCUT2D eigenvalue weighted by atomic mass is 32.1. The molecule has 1 saturated carbocycles. The number of carboxylic acid groups (broad SMARTS) is 1. The van der Waals surface area contributed by atoms with E-state index in [-0.39, 0.29) is 16.8 Å². The van der Waals surface area contributed by atoms with Crippen LogP contribution in [-0.4, -0.2) is 21.8 Å². The molecular formula is C25H23N3O2S. The highest BCUT2D eigenvalue weighted by Gasteiger charge is 2.43. The van der Waals surface area contributed by atoms with Gasteiger partial charge in [0.2, 0.25) is 5.13 Å². The van der Waals surface area contributed by atoms with E-state index < -0.39 is 5.97 Å². The van der Waals surface area contributed by atoms with E-state index >= 15 is 0 Å². The van der Waals surface area contributed by atoms with E-state index in [2.05, 4.69) is 35.3 Å². The second-order valence-electron chi connectivity index (χ2n) is 7.98. The maximum Gasteiger partial charge on any atom is 0.347 e. The number of anilines is 1. The summed E-state index contributed by atoms with van der Waals surface area (Å²) in [4.78, 5) is 16.5. The number of hydrogen-bond donors (Lipinski definition) is 1. The first-order chi connectivity index (χ1) is 15.1. The summed E-state index contributed by atoms with van der Waals surface area (Å²) in [6.45, 7) is 1.75. The van der Waals surface area contributed by atoms with Crippen LogP contribution in [0, 0.1) is 12.8 Å². The topological polar surface area (TPSA) is 65.8 Å². The van der Waals surface area contributed by atoms with Crippen LogP contribution in [0.4, 0.5) is 5.13 Å². The summed E-state index contributed by atoms with van der Waals surface area (Å²) < 4.78 is 0. The van der Waals surface area contributed by atoms with Crippen LogP contribution in [0.2, 0.25) is 0 Å². The van der Waals surface area contributed by atoms with E-state index in [9.17, 15) is 9.90 Å². The van der Waals surface area contributed by atoms with Gasteiger partial charge in [0.25, 0.3) is 0 Å². The molecule has 3 aromatic rings. The third-order valence-corrected chi connectivity index (χ3v) is 7.09. The van der Waals surface area contributed by atoms with Crippen LogP contribution < -0.4 is 5.01 Å². The number of allylic oxidation sites excluding steroid dienone is 1. The van der Waals surface area contributed by atoms with Crippen molar-refractivity contribution < 1.29 is 9.90 Å². The number of aromatic nitrogens is 1. The maximum absolute atomic E-state index is 11.6. The van der Waals surface area contributed by atoms with Crippen LogP contribution in [0.1, 0.15) is 51.8 Å². The molecule has 0 radical (unpaired) electrons. The molecule has 6 heteroatoms. The Morgan fingerprint density at radius 1 is 1.13 bits per heavy atom. The van der Waals surface area contributed by atoms with Crippen molar-refractivity contribution in [2.45, 2.75) is 32.2 Å². The fraction of sp³-hybridized carbons (Fsp3) is 0.240. The number of carbonyl (C=O) groups is 1. The van der Waals surface area contributed by atoms with Gasteiger partial charge >= 0.3 is 5.97 Å². The fourth-order valence-corrected chi connectivity index (χ4v) is 5.46. The largest absolute Gasteiger partial charge is 0.477 e. The first kappa shape index (κ1) is 19.7. The third-order valence-electron chi connectivity index (χ3n) is 5.96. The van der Waals surface area contributed by atoms with Crippen LogP contribution in [0.5, 0.6) is 0 Å². The van der Waals surface area contributed by atoms with Crippen molar-refractivity contribution in [3.63, 3.8) is 0 Å². The summed E-state index contributed by atoms with van der Waals surface area (Å²) >= 11 is 1.20. The molecule has 1 N–H and O–H groups in total. The van der Waals surface area contributed by atoms with Gasteiger partial charge in [0.1, 0.15) is 4.88 Å². The Labute approximate surface area is 185 Å². The first-order valence-electron chi connectivity index (χ1n) is 10.5. The smallest absolute Gasteiger partial charge is 0.347 e. The minimum atomic E-state index is -0.938. The summed E-state index contributed by atoms with van der Waals surface area (Å²) in [6.07, 6.45) is 5.40. The Hall–Kier alpha value is -3.25. The van der Waals surface area contributed by atoms with Crippen LogP contribution in [0.3, 0.4) is 0 Å². The Bertz CT molecular complexity index is 1170. The number of hydrogen-bond acceptors (Lipinski definition) is 5. The standard InChI is InChI=1S/C25H23N3O2S/c1-16-23(24(29)30)31-25(26-16)28-22(18-11-6-3-7-12-18)20-14-8-13-19(21(20)27-28)15-17-9-4-2-5-10-17/h2-7,9-12,15,20,22H,8,13-14H2,1H3,(H,29,30). The van der Waals surface area contributed by atoms with E-state index in [4.69, 9.17) is 5.10 Å². The molecule has 0 spiro atoms. The molecule has 0 amide bonds. The monoisotopic (exact) mass is 429 g/mol. The third kappa shape index (κ3) is 3.68. The predicted molar refractivity (Wildman–Crippen MR) is 125 cm³/mol. The van der Waals surface area contributed by atoms with Gasteiger partial charge in [0, 0.05) is 5.92 Å². The van der Waals surface area contributed by atoms with Gasteiger partial charge in [-0.05, 0) is 49.0 Å². The zero-order valence-electron chi connectivity index (χ0n) is 17.2. The van der Waals surface area contributed by atoms with Gasteiger partial charge in [-0.25, -0.2) is 14.8 Å². The Kier molecular flexibility index (Phi) is 5.16. The zero-order valence-corrected chi connectivity index (χ0v) is 18.0. The second kappa shape index (κ2) is 8.12. The number of hydrazone groups is 1. The maximum atomic E-state index is 11.6. The van der Waals surface area contributed by atoms with Crippen LogP contribution in [-0.2, 0) is 0 Å². The van der Waals surface area contributed by atoms with E-state index in [1.165, 1.54) is 28.0 Å². The fourth-order valence-electron chi connectivity index (χ4n) is 4.57. The SMILES string of the molecule is Cc1nc(N2N=C3C(=Cc4ccccc4)CCCC3C2c2ccccc2)sc1C(=O)O. The number of fused-ring (bicyclic) bond motifs is 1. The molecule has 2 unspecified atom stereocenters. The molecular weight excluding hydrogens is 406 g/mol. The molecule has 2 atom stereocenters. The summed E-state index contributed by atoms with van der Waals surface area (Å²) in [6, 6.07) is 20.7. The van der Waals surface area contributed by atoms with Crippen molar-refractivity contribution in [2.24, 2.45) is 11.0 Å². The van der Waals surface area contributed by atoms with Crippen molar-refractivity contribution in [3.8, 4) is 0 Å². The molecule has 2 heterocycles. The molecule has 2 aromatic carbocycles. The van der Waals surface area contributed by atoms with Gasteiger partial charge < -0.3 is 5.11 Å². The van der Waals surface area contributed by atoms with Crippen LogP contribution >= 0.6 is 11.3 Å². The molecule has 5 nitrogen and oxygen atoms in total. The minimum absolute atomic E-state index is 0.0165. The van der Waals surface area contributed by atoms with E-state index in [0.29, 0.717) is 10.8 Å². The highest BCUT2D eigenvalue weighted by molar-refractivity contribution is 7.17. The van der Waals surface area contributed by atoms with Crippen molar-refractivity contribution in [2.75, 3.05) is 5.01 Å². The van der Waals surface area contributed by atoms with E-state index in [0.717, 1.165) is 25.0 Å². The minimum Gasteiger partial charge on any atom is -0.477 e. The van der Waals surface area contributed by atoms with Crippen molar-refractivity contribution in [3.05, 3.63) is 87.9 Å². The lowest BCUT2D eigenvalue weighted by Gasteiger charge is -2.29. The molecule has 0 saturated heterocycles. The summed E-state index contributed by atoms with van der Waals surface area (Å²) in [5.41, 5.74) is 5.26. The number of carboxylic acids is 1. The number of aryl methyl sites for hydroxylation is 1. The van der Waals surface area contributed by atoms with Gasteiger partial charge in [0.15, 0.2) is 0 Å². The molecule has 2 aliphatic rings. The summed E-state index contributed by atoms with van der Waals surface area (Å²) in [5.74, 6) is -0.685. The van der Waals surface area contributed by atoms with Crippen molar-refractivity contribution in [1.29, 1.82) is 0 Å². The molecule has 1 aromatic heterocycles. The van der Waals surface area contributed by atoms with Gasteiger partial charge in [-0.1, -0.05) is 72.0 Å². The zero-order chi connectivity index (χ0) is 21.4. The molecule has 31 heavy (non-hydrogen) atoms. The molecule has 156 valence electrons. The predicted octanol–water partition coefficient (Wildman–Crippen LogP) is 5.95. The van der Waals surface area contributed by atoms with Gasteiger partial charge in [-0.15, -0.1) is 0 Å². The number of benzene rings is 2. The van der Waals surface area contributed by atoms with Gasteiger partial charge in [-0.2, -0.15) is 5.10 Å². The van der Waals surface area contributed by atoms with Gasteiger partial charge in [0.05, 0.1) is 17.4 Å².